The third-order valence-corrected chi connectivity index (χ3v) is 5.05. The molecule has 1 aromatic heterocycles. The molecule has 7 heteroatoms. The molecule has 0 unspecified atom stereocenters. The third kappa shape index (κ3) is 3.19. The quantitative estimate of drug-likeness (QED) is 0.782. The van der Waals surface area contributed by atoms with Gasteiger partial charge in [0.2, 0.25) is 5.88 Å². The number of halogens is 2. The van der Waals surface area contributed by atoms with Crippen molar-refractivity contribution in [1.29, 1.82) is 0 Å². The van der Waals surface area contributed by atoms with Crippen LogP contribution in [0.25, 0.3) is 0 Å². The smallest absolute Gasteiger partial charge is 0.475 e. The summed E-state index contributed by atoms with van der Waals surface area (Å²) in [6.07, 6.45) is 2.59. The minimum absolute atomic E-state index is 0.0126. The van der Waals surface area contributed by atoms with Crippen LogP contribution in [0.15, 0.2) is 29.6 Å². The third-order valence-electron chi connectivity index (χ3n) is 5.05. The molecule has 0 radical (unpaired) electrons. The predicted octanol–water partition coefficient (Wildman–Crippen LogP) is 3.86. The summed E-state index contributed by atoms with van der Waals surface area (Å²) in [5.41, 5.74) is -0.770. The Bertz CT molecular complexity index is 639. The van der Waals surface area contributed by atoms with Crippen molar-refractivity contribution in [3.05, 3.63) is 35.4 Å². The largest absolute Gasteiger partial charge is 0.525 e. The summed E-state index contributed by atoms with van der Waals surface area (Å²) in [5.74, 6) is -0.355. The molecular formula is C17H22BF2NO3. The van der Waals surface area contributed by atoms with Gasteiger partial charge in [-0.3, -0.25) is 0 Å². The summed E-state index contributed by atoms with van der Waals surface area (Å²) in [5, 5.41) is 0. The summed E-state index contributed by atoms with van der Waals surface area (Å²) in [4.78, 5) is 3.83. The molecular weight excluding hydrogens is 315 g/mol. The van der Waals surface area contributed by atoms with Gasteiger partial charge in [-0.05, 0) is 58.2 Å². The molecule has 0 amide bonds. The standard InChI is InChI=1S/C17H22BF2NO3/c1-16(2)17(3,4)24-18(23-16)14(20)12-8-11(9-12)10-22-15-13(19)6-5-7-21-15/h5-7,11H,8-10H2,1-4H3. The van der Waals surface area contributed by atoms with Gasteiger partial charge in [-0.15, -0.1) is 0 Å². The second-order valence-corrected chi connectivity index (χ2v) is 7.42. The van der Waals surface area contributed by atoms with Crippen LogP contribution in [-0.4, -0.2) is 29.9 Å². The van der Waals surface area contributed by atoms with E-state index in [1.54, 1.807) is 0 Å². The Labute approximate surface area is 141 Å². The molecule has 0 spiro atoms. The molecule has 1 aliphatic heterocycles. The minimum atomic E-state index is -0.944. The van der Waals surface area contributed by atoms with Gasteiger partial charge < -0.3 is 14.0 Å². The van der Waals surface area contributed by atoms with Crippen LogP contribution in [0.1, 0.15) is 40.5 Å². The maximum atomic E-state index is 14.6. The van der Waals surface area contributed by atoms with Crippen LogP contribution in [-0.2, 0) is 9.31 Å². The van der Waals surface area contributed by atoms with Crippen molar-refractivity contribution in [1.82, 2.24) is 4.98 Å². The lowest BCUT2D eigenvalue weighted by Gasteiger charge is -2.32. The predicted molar refractivity (Wildman–Crippen MR) is 86.6 cm³/mol. The molecule has 1 saturated carbocycles. The van der Waals surface area contributed by atoms with Crippen molar-refractivity contribution in [3.8, 4) is 5.88 Å². The van der Waals surface area contributed by atoms with E-state index in [-0.39, 0.29) is 17.5 Å². The number of rotatable bonds is 4. The molecule has 2 fully saturated rings. The van der Waals surface area contributed by atoms with Gasteiger partial charge in [-0.2, -0.15) is 0 Å². The zero-order valence-corrected chi connectivity index (χ0v) is 14.4. The average molecular weight is 337 g/mol. The lowest BCUT2D eigenvalue weighted by atomic mass is 9.73. The first kappa shape index (κ1) is 17.4. The van der Waals surface area contributed by atoms with Gasteiger partial charge in [0, 0.05) is 12.1 Å². The fraction of sp³-hybridized carbons (Fsp3) is 0.588. The maximum absolute atomic E-state index is 14.6. The van der Waals surface area contributed by atoms with E-state index in [1.807, 2.05) is 27.7 Å². The van der Waals surface area contributed by atoms with Crippen LogP contribution in [0.3, 0.4) is 0 Å². The van der Waals surface area contributed by atoms with Gasteiger partial charge in [0.1, 0.15) is 5.73 Å². The first-order valence-corrected chi connectivity index (χ1v) is 8.16. The highest BCUT2D eigenvalue weighted by Gasteiger charge is 2.54. The molecule has 0 atom stereocenters. The highest BCUT2D eigenvalue weighted by molar-refractivity contribution is 6.53. The SMILES string of the molecule is CC1(C)OB(C(F)=C2CC(COc3ncccc3F)C2)OC1(C)C. The summed E-state index contributed by atoms with van der Waals surface area (Å²) in [7, 11) is -0.944. The van der Waals surface area contributed by atoms with Crippen LogP contribution in [0.4, 0.5) is 8.78 Å². The number of nitrogens with zero attached hydrogens (tertiary/aromatic N) is 1. The number of pyridine rings is 1. The van der Waals surface area contributed by atoms with E-state index in [9.17, 15) is 8.78 Å². The first-order chi connectivity index (χ1) is 11.2. The number of allylic oxidation sites excluding steroid dienone is 1. The normalized spacial score (nSPS) is 24.7. The van der Waals surface area contributed by atoms with Gasteiger partial charge >= 0.3 is 7.12 Å². The minimum Gasteiger partial charge on any atom is -0.475 e. The van der Waals surface area contributed by atoms with Crippen molar-refractivity contribution < 1.29 is 22.8 Å². The molecule has 1 aliphatic carbocycles. The van der Waals surface area contributed by atoms with Gasteiger partial charge in [0.15, 0.2) is 5.82 Å². The lowest BCUT2D eigenvalue weighted by Crippen LogP contribution is -2.41. The van der Waals surface area contributed by atoms with E-state index in [1.165, 1.54) is 18.3 Å². The van der Waals surface area contributed by atoms with E-state index < -0.39 is 24.1 Å². The second-order valence-electron chi connectivity index (χ2n) is 7.42. The number of aromatic nitrogens is 1. The summed E-state index contributed by atoms with van der Waals surface area (Å²) < 4.78 is 44.8. The van der Waals surface area contributed by atoms with Crippen molar-refractivity contribution in [2.24, 2.45) is 5.92 Å². The van der Waals surface area contributed by atoms with Crippen LogP contribution in [0, 0.1) is 11.7 Å². The van der Waals surface area contributed by atoms with Crippen LogP contribution >= 0.6 is 0 Å². The van der Waals surface area contributed by atoms with E-state index in [0.29, 0.717) is 25.0 Å². The second kappa shape index (κ2) is 6.12. The Morgan fingerprint density at radius 1 is 1.29 bits per heavy atom. The topological polar surface area (TPSA) is 40.6 Å². The molecule has 4 nitrogen and oxygen atoms in total. The fourth-order valence-electron chi connectivity index (χ4n) is 2.74. The van der Waals surface area contributed by atoms with Crippen LogP contribution < -0.4 is 4.74 Å². The van der Waals surface area contributed by atoms with Crippen LogP contribution in [0.2, 0.25) is 0 Å². The number of hydrogen-bond donors (Lipinski definition) is 0. The lowest BCUT2D eigenvalue weighted by molar-refractivity contribution is 0.00578. The number of hydrogen-bond acceptors (Lipinski definition) is 4. The molecule has 3 rings (SSSR count). The summed E-state index contributed by atoms with van der Waals surface area (Å²) in [6, 6.07) is 2.80. The fourth-order valence-corrected chi connectivity index (χ4v) is 2.74. The van der Waals surface area contributed by atoms with Gasteiger partial charge in [-0.1, -0.05) is 0 Å². The molecule has 24 heavy (non-hydrogen) atoms. The van der Waals surface area contributed by atoms with E-state index in [0.717, 1.165) is 0 Å². The van der Waals surface area contributed by atoms with E-state index in [2.05, 4.69) is 4.98 Å². The molecule has 2 aliphatic rings. The highest BCUT2D eigenvalue weighted by atomic mass is 19.1. The van der Waals surface area contributed by atoms with Crippen molar-refractivity contribution in [3.63, 3.8) is 0 Å². The molecule has 0 aromatic carbocycles. The van der Waals surface area contributed by atoms with E-state index >= 15 is 0 Å². The monoisotopic (exact) mass is 337 g/mol. The molecule has 2 heterocycles. The van der Waals surface area contributed by atoms with Crippen molar-refractivity contribution in [2.75, 3.05) is 6.61 Å². The van der Waals surface area contributed by atoms with Crippen molar-refractivity contribution in [2.45, 2.75) is 51.7 Å². The van der Waals surface area contributed by atoms with Crippen molar-refractivity contribution >= 4 is 7.12 Å². The zero-order chi connectivity index (χ0) is 17.5. The Hall–Kier alpha value is -1.47. The summed E-state index contributed by atoms with van der Waals surface area (Å²) in [6.45, 7) is 7.88. The molecule has 0 N–H and O–H groups in total. The summed E-state index contributed by atoms with van der Waals surface area (Å²) >= 11 is 0. The maximum Gasteiger partial charge on any atom is 0.525 e. The Morgan fingerprint density at radius 3 is 2.50 bits per heavy atom. The van der Waals surface area contributed by atoms with Gasteiger partial charge in [0.05, 0.1) is 17.8 Å². The zero-order valence-electron chi connectivity index (χ0n) is 14.4. The Balaban J connectivity index is 1.54. The van der Waals surface area contributed by atoms with Gasteiger partial charge in [-0.25, -0.2) is 13.8 Å². The number of ether oxygens (including phenoxy) is 1. The first-order valence-electron chi connectivity index (χ1n) is 8.16. The molecule has 130 valence electrons. The molecule has 0 bridgehead atoms. The molecule has 1 aromatic rings. The Kier molecular flexibility index (Phi) is 4.42. The van der Waals surface area contributed by atoms with E-state index in [4.69, 9.17) is 14.0 Å². The average Bonchev–Trinajstić information content (AvgIpc) is 2.67. The van der Waals surface area contributed by atoms with Gasteiger partial charge in [0.25, 0.3) is 0 Å². The molecule has 1 saturated heterocycles. The Morgan fingerprint density at radius 2 is 1.92 bits per heavy atom. The highest BCUT2D eigenvalue weighted by Crippen LogP contribution is 2.43. The van der Waals surface area contributed by atoms with Crippen LogP contribution in [0.5, 0.6) is 5.88 Å².